The van der Waals surface area contributed by atoms with Gasteiger partial charge in [0.15, 0.2) is 0 Å². The van der Waals surface area contributed by atoms with Gasteiger partial charge in [-0.1, -0.05) is 57.0 Å². The molecule has 0 aromatic heterocycles. The van der Waals surface area contributed by atoms with Gasteiger partial charge in [-0.25, -0.2) is 0 Å². The predicted octanol–water partition coefficient (Wildman–Crippen LogP) is 5.19. The fourth-order valence-corrected chi connectivity index (χ4v) is 6.35. The summed E-state index contributed by atoms with van der Waals surface area (Å²) in [5.74, 6) is 1.85. The van der Waals surface area contributed by atoms with Crippen LogP contribution in [0.2, 0.25) is 0 Å². The number of likely N-dealkylation sites (tertiary alicyclic amines) is 1. The maximum absolute atomic E-state index is 13.5. The summed E-state index contributed by atoms with van der Waals surface area (Å²) < 4.78 is 5.74. The van der Waals surface area contributed by atoms with E-state index in [4.69, 9.17) is 4.74 Å². The van der Waals surface area contributed by atoms with Crippen molar-refractivity contribution in [1.29, 1.82) is 0 Å². The van der Waals surface area contributed by atoms with Crippen LogP contribution in [0.25, 0.3) is 0 Å². The number of benzene rings is 2. The Balaban J connectivity index is 1.31. The smallest absolute Gasteiger partial charge is 0.236 e. The molecule has 3 aliphatic heterocycles. The predicted molar refractivity (Wildman–Crippen MR) is 152 cm³/mol. The number of carbonyl (C=O) groups excluding carboxylic acids is 2. The van der Waals surface area contributed by atoms with E-state index < -0.39 is 0 Å². The molecule has 6 nitrogen and oxygen atoms in total. The van der Waals surface area contributed by atoms with Gasteiger partial charge in [0, 0.05) is 44.3 Å². The Morgan fingerprint density at radius 3 is 2.63 bits per heavy atom. The molecule has 5 rings (SSSR count). The van der Waals surface area contributed by atoms with Crippen LogP contribution >= 0.6 is 0 Å². The van der Waals surface area contributed by atoms with Crippen molar-refractivity contribution < 1.29 is 14.3 Å². The van der Waals surface area contributed by atoms with Crippen LogP contribution in [0.4, 0.5) is 5.69 Å². The third-order valence-corrected chi connectivity index (χ3v) is 8.58. The van der Waals surface area contributed by atoms with Crippen LogP contribution in [0.15, 0.2) is 42.5 Å². The highest BCUT2D eigenvalue weighted by atomic mass is 16.5. The average molecular weight is 518 g/mol. The number of carbonyl (C=O) groups is 2. The molecule has 2 unspecified atom stereocenters. The van der Waals surface area contributed by atoms with Crippen LogP contribution in [0.5, 0.6) is 5.75 Å². The first kappa shape index (κ1) is 26.7. The summed E-state index contributed by atoms with van der Waals surface area (Å²) in [6, 6.07) is 15.1. The fourth-order valence-electron chi connectivity index (χ4n) is 6.35. The lowest BCUT2D eigenvalue weighted by Gasteiger charge is -2.29. The van der Waals surface area contributed by atoms with Crippen molar-refractivity contribution in [3.8, 4) is 5.75 Å². The zero-order valence-corrected chi connectivity index (χ0v) is 23.2. The van der Waals surface area contributed by atoms with Crippen LogP contribution in [-0.2, 0) is 22.4 Å². The molecular weight excluding hydrogens is 474 g/mol. The number of amides is 2. The van der Waals surface area contributed by atoms with Gasteiger partial charge in [-0.3, -0.25) is 14.5 Å². The van der Waals surface area contributed by atoms with Crippen molar-refractivity contribution in [2.24, 2.45) is 0 Å². The Labute approximate surface area is 227 Å². The molecule has 6 heteroatoms. The third kappa shape index (κ3) is 5.90. The van der Waals surface area contributed by atoms with Gasteiger partial charge in [0.25, 0.3) is 0 Å². The standard InChI is InChI=1S/C32H43N3O3/c1-3-5-15-33(16-6-4-2)32(37)23-34-22-27(24-11-12-30-26(19-24)14-18-38-30)20-28(34)13-17-35-29-10-8-7-9-25(29)21-31(35)36/h7-12,19,27-28H,3-6,13-18,20-23H2,1-2H3. The van der Waals surface area contributed by atoms with Crippen molar-refractivity contribution in [1.82, 2.24) is 9.80 Å². The topological polar surface area (TPSA) is 53.1 Å². The van der Waals surface area contributed by atoms with Crippen molar-refractivity contribution in [2.45, 2.75) is 77.2 Å². The van der Waals surface area contributed by atoms with E-state index in [2.05, 4.69) is 54.0 Å². The summed E-state index contributed by atoms with van der Waals surface area (Å²) in [5, 5.41) is 0. The molecule has 2 amide bonds. The lowest BCUT2D eigenvalue weighted by molar-refractivity contribution is -0.133. The molecule has 2 aromatic carbocycles. The van der Waals surface area contributed by atoms with Gasteiger partial charge in [0.05, 0.1) is 19.6 Å². The van der Waals surface area contributed by atoms with Crippen LogP contribution in [-0.4, -0.2) is 67.0 Å². The van der Waals surface area contributed by atoms with E-state index in [1.807, 2.05) is 17.0 Å². The zero-order valence-electron chi connectivity index (χ0n) is 23.2. The van der Waals surface area contributed by atoms with Crippen molar-refractivity contribution in [2.75, 3.05) is 44.2 Å². The zero-order chi connectivity index (χ0) is 26.5. The number of rotatable bonds is 12. The molecule has 0 saturated carbocycles. The van der Waals surface area contributed by atoms with Crippen molar-refractivity contribution in [3.05, 3.63) is 59.2 Å². The second-order valence-corrected chi connectivity index (χ2v) is 11.2. The second kappa shape index (κ2) is 12.3. The molecule has 1 fully saturated rings. The molecule has 0 radical (unpaired) electrons. The first-order valence-electron chi connectivity index (χ1n) is 14.7. The molecule has 0 aliphatic carbocycles. The molecule has 3 aliphatic rings. The molecule has 2 aromatic rings. The second-order valence-electron chi connectivity index (χ2n) is 11.2. The first-order valence-corrected chi connectivity index (χ1v) is 14.7. The van der Waals surface area contributed by atoms with Gasteiger partial charge in [0.1, 0.15) is 5.75 Å². The number of para-hydroxylation sites is 1. The van der Waals surface area contributed by atoms with Gasteiger partial charge < -0.3 is 14.5 Å². The molecule has 1 saturated heterocycles. The summed E-state index contributed by atoms with van der Waals surface area (Å²) in [6.07, 6.45) is 7.65. The van der Waals surface area contributed by atoms with E-state index in [0.29, 0.717) is 25.4 Å². The highest BCUT2D eigenvalue weighted by molar-refractivity contribution is 6.01. The summed E-state index contributed by atoms with van der Waals surface area (Å²) >= 11 is 0. The Morgan fingerprint density at radius 1 is 1.05 bits per heavy atom. The number of nitrogens with zero attached hydrogens (tertiary/aromatic N) is 3. The summed E-state index contributed by atoms with van der Waals surface area (Å²) in [7, 11) is 0. The van der Waals surface area contributed by atoms with Crippen molar-refractivity contribution >= 4 is 17.5 Å². The fraction of sp³-hybridized carbons (Fsp3) is 0.562. The van der Waals surface area contributed by atoms with E-state index in [1.54, 1.807) is 0 Å². The van der Waals surface area contributed by atoms with Gasteiger partial charge in [0.2, 0.25) is 11.8 Å². The SMILES string of the molecule is CCCCN(CCCC)C(=O)CN1CC(c2ccc3c(c2)CCO3)CC1CCN1C(=O)Cc2ccccc21. The number of hydrogen-bond acceptors (Lipinski definition) is 4. The minimum Gasteiger partial charge on any atom is -0.493 e. The number of ether oxygens (including phenoxy) is 1. The molecular formula is C32H43N3O3. The van der Waals surface area contributed by atoms with E-state index >= 15 is 0 Å². The molecule has 2 atom stereocenters. The van der Waals surface area contributed by atoms with E-state index in [0.717, 1.165) is 88.2 Å². The number of unbranched alkanes of at least 4 members (excludes halogenated alkanes) is 2. The minimum absolute atomic E-state index is 0.187. The van der Waals surface area contributed by atoms with Gasteiger partial charge in [-0.05, 0) is 60.4 Å². The summed E-state index contributed by atoms with van der Waals surface area (Å²) in [6.45, 7) is 8.88. The molecule has 3 heterocycles. The highest BCUT2D eigenvalue weighted by Crippen LogP contribution is 2.37. The molecule has 204 valence electrons. The molecule has 0 bridgehead atoms. The minimum atomic E-state index is 0.187. The Morgan fingerprint density at radius 2 is 1.84 bits per heavy atom. The first-order chi connectivity index (χ1) is 18.6. The van der Waals surface area contributed by atoms with Gasteiger partial charge >= 0.3 is 0 Å². The quantitative estimate of drug-likeness (QED) is 0.389. The normalized spacial score (nSPS) is 20.5. The lowest BCUT2D eigenvalue weighted by atomic mass is 9.93. The summed E-state index contributed by atoms with van der Waals surface area (Å²) in [5.41, 5.74) is 4.83. The largest absolute Gasteiger partial charge is 0.493 e. The third-order valence-electron chi connectivity index (χ3n) is 8.58. The van der Waals surface area contributed by atoms with Crippen LogP contribution in [0.3, 0.4) is 0 Å². The Bertz CT molecular complexity index is 1120. The number of hydrogen-bond donors (Lipinski definition) is 0. The van der Waals surface area contributed by atoms with Gasteiger partial charge in [-0.15, -0.1) is 0 Å². The maximum Gasteiger partial charge on any atom is 0.236 e. The highest BCUT2D eigenvalue weighted by Gasteiger charge is 2.36. The monoisotopic (exact) mass is 517 g/mol. The van der Waals surface area contributed by atoms with E-state index in [9.17, 15) is 9.59 Å². The Hall–Kier alpha value is -2.86. The van der Waals surface area contributed by atoms with Crippen LogP contribution in [0.1, 0.15) is 75.0 Å². The number of anilines is 1. The summed E-state index contributed by atoms with van der Waals surface area (Å²) in [4.78, 5) is 32.8. The van der Waals surface area contributed by atoms with E-state index in [-0.39, 0.29) is 17.9 Å². The van der Waals surface area contributed by atoms with E-state index in [1.165, 1.54) is 11.1 Å². The van der Waals surface area contributed by atoms with Crippen molar-refractivity contribution in [3.63, 3.8) is 0 Å². The van der Waals surface area contributed by atoms with Gasteiger partial charge in [-0.2, -0.15) is 0 Å². The maximum atomic E-state index is 13.5. The molecule has 38 heavy (non-hydrogen) atoms. The molecule has 0 spiro atoms. The average Bonchev–Trinajstić information content (AvgIpc) is 3.63. The van der Waals surface area contributed by atoms with Crippen LogP contribution < -0.4 is 9.64 Å². The lowest BCUT2D eigenvalue weighted by Crippen LogP contribution is -2.44. The molecule has 0 N–H and O–H groups in total. The Kier molecular flexibility index (Phi) is 8.68. The number of fused-ring (bicyclic) bond motifs is 2. The van der Waals surface area contributed by atoms with Crippen LogP contribution in [0, 0.1) is 0 Å².